The molecule has 0 radical (unpaired) electrons. The second-order valence-corrected chi connectivity index (χ2v) is 8.07. The molecule has 1 nitrogen and oxygen atoms in total. The van der Waals surface area contributed by atoms with Gasteiger partial charge in [0.2, 0.25) is 0 Å². The minimum Gasteiger partial charge on any atom is -0.326 e. The molecule has 70 valence electrons. The Morgan fingerprint density at radius 1 is 1.25 bits per heavy atom. The Hall–Kier alpha value is -0.343. The highest BCUT2D eigenvalue weighted by atomic mass is 28.3. The van der Waals surface area contributed by atoms with E-state index in [1.807, 2.05) is 12.2 Å². The fraction of sp³-hybridized carbons (Fsp3) is 0.600. The van der Waals surface area contributed by atoms with E-state index < -0.39 is 8.24 Å². The maximum absolute atomic E-state index is 3.82. The van der Waals surface area contributed by atoms with Crippen LogP contribution in [0.2, 0.25) is 18.6 Å². The molecule has 0 aromatic heterocycles. The van der Waals surface area contributed by atoms with Crippen molar-refractivity contribution < 1.29 is 0 Å². The highest BCUT2D eigenvalue weighted by molar-refractivity contribution is 6.76. The second-order valence-electron chi connectivity index (χ2n) is 3.50. The zero-order chi connectivity index (χ0) is 9.61. The molecule has 0 saturated carbocycles. The first-order valence-corrected chi connectivity index (χ1v) is 7.40. The van der Waals surface area contributed by atoms with Gasteiger partial charge in [0.05, 0.1) is 0 Å². The van der Waals surface area contributed by atoms with Crippen molar-refractivity contribution in [3.8, 4) is 0 Å². The van der Waals surface area contributed by atoms with E-state index in [0.717, 1.165) is 18.6 Å². The van der Waals surface area contributed by atoms with Gasteiger partial charge in [-0.05, 0) is 25.7 Å². The number of allylic oxidation sites excluding steroid dienone is 2. The molecule has 0 N–H and O–H groups in total. The van der Waals surface area contributed by atoms with Crippen LogP contribution in [-0.4, -0.2) is 26.4 Å². The molecule has 0 aliphatic heterocycles. The zero-order valence-corrected chi connectivity index (χ0v) is 9.64. The van der Waals surface area contributed by atoms with Crippen LogP contribution >= 0.6 is 0 Å². The van der Waals surface area contributed by atoms with E-state index in [0.29, 0.717) is 0 Å². The molecule has 0 atom stereocenters. The number of hydrogen-bond donors (Lipinski definition) is 0. The minimum atomic E-state index is -1.26. The van der Waals surface area contributed by atoms with Crippen molar-refractivity contribution >= 4 is 8.24 Å². The first-order valence-electron chi connectivity index (χ1n) is 4.53. The van der Waals surface area contributed by atoms with Crippen LogP contribution in [0.4, 0.5) is 0 Å². The highest BCUT2D eigenvalue weighted by Crippen LogP contribution is 2.19. The van der Waals surface area contributed by atoms with Gasteiger partial charge >= 0.3 is 0 Å². The van der Waals surface area contributed by atoms with Crippen molar-refractivity contribution in [1.82, 2.24) is 4.57 Å². The maximum Gasteiger partial charge on any atom is 0.132 e. The normalized spacial score (nSPS) is 11.7. The molecule has 0 rings (SSSR count). The van der Waals surface area contributed by atoms with E-state index in [9.17, 15) is 0 Å². The predicted octanol–water partition coefficient (Wildman–Crippen LogP) is 2.89. The van der Waals surface area contributed by atoms with Crippen molar-refractivity contribution in [2.45, 2.75) is 25.6 Å². The molecule has 0 unspecified atom stereocenters. The summed E-state index contributed by atoms with van der Waals surface area (Å²) in [5, 5.41) is 0. The molecular weight excluding hydrogens is 162 g/mol. The number of hydrogen-bond acceptors (Lipinski definition) is 1. The fourth-order valence-corrected chi connectivity index (χ4v) is 4.20. The summed E-state index contributed by atoms with van der Waals surface area (Å²) in [4.78, 5) is 0. The molecule has 0 bridgehead atoms. The van der Waals surface area contributed by atoms with Crippen LogP contribution in [0.1, 0.15) is 6.92 Å². The van der Waals surface area contributed by atoms with Crippen molar-refractivity contribution in [2.75, 3.05) is 13.6 Å². The molecule has 0 heterocycles. The summed E-state index contributed by atoms with van der Waals surface area (Å²) in [6, 6.07) is 2.31. The Morgan fingerprint density at radius 3 is 1.92 bits per heavy atom. The average molecular weight is 183 g/mol. The van der Waals surface area contributed by atoms with E-state index in [4.69, 9.17) is 0 Å². The maximum atomic E-state index is 3.82. The van der Waals surface area contributed by atoms with Crippen LogP contribution in [0.3, 0.4) is 0 Å². The minimum absolute atomic E-state index is 1.13. The third-order valence-corrected chi connectivity index (χ3v) is 7.06. The van der Waals surface area contributed by atoms with Crippen LogP contribution in [0, 0.1) is 0 Å². The van der Waals surface area contributed by atoms with Gasteiger partial charge < -0.3 is 4.57 Å². The van der Waals surface area contributed by atoms with E-state index >= 15 is 0 Å². The summed E-state index contributed by atoms with van der Waals surface area (Å²) < 4.78 is 2.48. The highest BCUT2D eigenvalue weighted by Gasteiger charge is 2.28. The van der Waals surface area contributed by atoms with Gasteiger partial charge in [-0.15, -0.1) is 13.2 Å². The van der Waals surface area contributed by atoms with Gasteiger partial charge in [-0.2, -0.15) is 0 Å². The summed E-state index contributed by atoms with van der Waals surface area (Å²) in [7, 11) is 0.952. The van der Waals surface area contributed by atoms with Crippen molar-refractivity contribution in [1.29, 1.82) is 0 Å². The van der Waals surface area contributed by atoms with Gasteiger partial charge in [-0.25, -0.2) is 0 Å². The lowest BCUT2D eigenvalue weighted by atomic mass is 10.7. The molecule has 0 aromatic carbocycles. The lowest BCUT2D eigenvalue weighted by molar-refractivity contribution is 0.533. The van der Waals surface area contributed by atoms with Gasteiger partial charge in [0, 0.05) is 0 Å². The topological polar surface area (TPSA) is 3.24 Å². The summed E-state index contributed by atoms with van der Waals surface area (Å²) in [6.07, 6.45) is 4.09. The molecule has 0 saturated heterocycles. The smallest absolute Gasteiger partial charge is 0.132 e. The molecule has 0 aromatic rings. The quantitative estimate of drug-likeness (QED) is 0.452. The Bertz CT molecular complexity index is 144. The largest absolute Gasteiger partial charge is 0.326 e. The van der Waals surface area contributed by atoms with E-state index in [2.05, 4.69) is 38.2 Å². The van der Waals surface area contributed by atoms with Gasteiger partial charge in [0.1, 0.15) is 8.24 Å². The Kier molecular flexibility index (Phi) is 5.18. The summed E-state index contributed by atoms with van der Waals surface area (Å²) in [6.45, 7) is 13.4. The van der Waals surface area contributed by atoms with Crippen LogP contribution in [0.25, 0.3) is 0 Å². The lowest BCUT2D eigenvalue weighted by Gasteiger charge is -2.34. The fourth-order valence-electron chi connectivity index (χ4n) is 1.40. The Morgan fingerprint density at radius 2 is 1.67 bits per heavy atom. The molecular formula is C10H21NSi. The first-order chi connectivity index (χ1) is 5.60. The van der Waals surface area contributed by atoms with Gasteiger partial charge in [-0.3, -0.25) is 0 Å². The molecule has 0 aliphatic carbocycles. The molecule has 0 aliphatic rings. The lowest BCUT2D eigenvalue weighted by Crippen LogP contribution is -2.47. The molecule has 0 amide bonds. The van der Waals surface area contributed by atoms with Crippen LogP contribution in [-0.2, 0) is 0 Å². The van der Waals surface area contributed by atoms with E-state index in [-0.39, 0.29) is 0 Å². The van der Waals surface area contributed by atoms with Crippen molar-refractivity contribution in [3.63, 3.8) is 0 Å². The van der Waals surface area contributed by atoms with Crippen LogP contribution < -0.4 is 0 Å². The van der Waals surface area contributed by atoms with Crippen LogP contribution in [0.5, 0.6) is 0 Å². The van der Waals surface area contributed by atoms with Gasteiger partial charge in [0.15, 0.2) is 0 Å². The summed E-state index contributed by atoms with van der Waals surface area (Å²) in [5.74, 6) is 0. The van der Waals surface area contributed by atoms with Crippen LogP contribution in [0.15, 0.2) is 25.3 Å². The van der Waals surface area contributed by atoms with E-state index in [1.165, 1.54) is 0 Å². The van der Waals surface area contributed by atoms with E-state index in [1.54, 1.807) is 0 Å². The van der Waals surface area contributed by atoms with Gasteiger partial charge in [-0.1, -0.05) is 25.6 Å². The molecule has 2 heteroatoms. The third-order valence-electron chi connectivity index (χ3n) is 2.56. The molecule has 0 spiro atoms. The first kappa shape index (κ1) is 11.7. The van der Waals surface area contributed by atoms with Gasteiger partial charge in [0.25, 0.3) is 0 Å². The molecule has 0 fully saturated rings. The summed E-state index contributed by atoms with van der Waals surface area (Å²) in [5.41, 5.74) is 0. The standard InChI is InChI=1S/C10H21NSi/c1-6-9-12(5,10-7-2)11(4)8-3/h6-7H,1-2,8-10H2,3-5H3. The Labute approximate surface area is 77.9 Å². The Balaban J connectivity index is 4.34. The van der Waals surface area contributed by atoms with Crippen molar-refractivity contribution in [2.24, 2.45) is 0 Å². The number of rotatable bonds is 6. The SMILES string of the molecule is C=CC[Si](C)(CC=C)N(C)CC. The summed E-state index contributed by atoms with van der Waals surface area (Å²) >= 11 is 0. The second kappa shape index (κ2) is 5.33. The molecule has 12 heavy (non-hydrogen) atoms. The third kappa shape index (κ3) is 2.95. The van der Waals surface area contributed by atoms with Crippen molar-refractivity contribution in [3.05, 3.63) is 25.3 Å². The number of nitrogens with zero attached hydrogens (tertiary/aromatic N) is 1. The average Bonchev–Trinajstić information content (AvgIpc) is 2.04. The monoisotopic (exact) mass is 183 g/mol. The predicted molar refractivity (Wildman–Crippen MR) is 59.9 cm³/mol. The zero-order valence-electron chi connectivity index (χ0n) is 8.64.